The Morgan fingerprint density at radius 3 is 2.76 bits per heavy atom. The molecule has 1 heterocycles. The summed E-state index contributed by atoms with van der Waals surface area (Å²) in [6.45, 7) is 0.801. The van der Waals surface area contributed by atoms with Crippen molar-refractivity contribution in [1.29, 1.82) is 0 Å². The minimum Gasteiger partial charge on any atom is -0.380 e. The second-order valence-electron chi connectivity index (χ2n) is 5.17. The molecule has 1 aromatic heterocycles. The van der Waals surface area contributed by atoms with Crippen molar-refractivity contribution in [3.05, 3.63) is 72.4 Å². The third-order valence-electron chi connectivity index (χ3n) is 3.78. The molecule has 0 atom stereocenters. The fourth-order valence-corrected chi connectivity index (χ4v) is 2.67. The minimum atomic E-state index is 0.801. The predicted octanol–water partition coefficient (Wildman–Crippen LogP) is 4.33. The number of anilines is 1. The van der Waals surface area contributed by atoms with E-state index in [0.29, 0.717) is 0 Å². The summed E-state index contributed by atoms with van der Waals surface area (Å²) < 4.78 is 0. The van der Waals surface area contributed by atoms with Gasteiger partial charge >= 0.3 is 0 Å². The molecule has 102 valence electrons. The Morgan fingerprint density at radius 1 is 0.905 bits per heavy atom. The SMILES string of the molecule is c1ccc2cc(CNc3cccc4[nH]ncc34)ccc2c1. The van der Waals surface area contributed by atoms with Gasteiger partial charge in [0.25, 0.3) is 0 Å². The average molecular weight is 273 g/mol. The van der Waals surface area contributed by atoms with Gasteiger partial charge in [-0.05, 0) is 34.5 Å². The average Bonchev–Trinajstić information content (AvgIpc) is 3.02. The first-order chi connectivity index (χ1) is 10.4. The van der Waals surface area contributed by atoms with Crippen LogP contribution in [0.2, 0.25) is 0 Å². The summed E-state index contributed by atoms with van der Waals surface area (Å²) >= 11 is 0. The number of fused-ring (bicyclic) bond motifs is 2. The summed E-state index contributed by atoms with van der Waals surface area (Å²) in [5.74, 6) is 0. The van der Waals surface area contributed by atoms with Crippen molar-refractivity contribution >= 4 is 27.4 Å². The van der Waals surface area contributed by atoms with Gasteiger partial charge in [0.15, 0.2) is 0 Å². The lowest BCUT2D eigenvalue weighted by atomic mass is 10.1. The van der Waals surface area contributed by atoms with Crippen LogP contribution in [0.25, 0.3) is 21.7 Å². The van der Waals surface area contributed by atoms with E-state index in [1.54, 1.807) is 0 Å². The molecule has 0 radical (unpaired) electrons. The number of benzene rings is 3. The van der Waals surface area contributed by atoms with Crippen molar-refractivity contribution < 1.29 is 0 Å². The van der Waals surface area contributed by atoms with Crippen LogP contribution in [0.5, 0.6) is 0 Å². The van der Waals surface area contributed by atoms with E-state index in [9.17, 15) is 0 Å². The van der Waals surface area contributed by atoms with Gasteiger partial charge in [0.2, 0.25) is 0 Å². The van der Waals surface area contributed by atoms with Gasteiger partial charge in [-0.1, -0.05) is 42.5 Å². The zero-order valence-electron chi connectivity index (χ0n) is 11.5. The first kappa shape index (κ1) is 12.0. The van der Waals surface area contributed by atoms with Crippen LogP contribution >= 0.6 is 0 Å². The smallest absolute Gasteiger partial charge is 0.0671 e. The van der Waals surface area contributed by atoms with Crippen LogP contribution in [0, 0.1) is 0 Å². The molecule has 3 heteroatoms. The third kappa shape index (κ3) is 2.23. The summed E-state index contributed by atoms with van der Waals surface area (Å²) in [5, 5.41) is 14.3. The van der Waals surface area contributed by atoms with Crippen LogP contribution in [-0.2, 0) is 6.54 Å². The zero-order chi connectivity index (χ0) is 14.1. The van der Waals surface area contributed by atoms with Crippen LogP contribution in [0.4, 0.5) is 5.69 Å². The second kappa shape index (κ2) is 4.94. The highest BCUT2D eigenvalue weighted by atomic mass is 15.1. The lowest BCUT2D eigenvalue weighted by molar-refractivity contribution is 1.12. The van der Waals surface area contributed by atoms with Crippen LogP contribution in [-0.4, -0.2) is 10.2 Å². The standard InChI is InChI=1S/C18H15N3/c1-2-5-15-10-13(8-9-14(15)4-1)11-19-17-6-3-7-18-16(17)12-20-21-18/h1-10,12,19H,11H2,(H,20,21). The van der Waals surface area contributed by atoms with E-state index >= 15 is 0 Å². The number of H-pyrrole nitrogens is 1. The van der Waals surface area contributed by atoms with Crippen molar-refractivity contribution in [2.75, 3.05) is 5.32 Å². The monoisotopic (exact) mass is 273 g/mol. The van der Waals surface area contributed by atoms with Crippen LogP contribution in [0.1, 0.15) is 5.56 Å². The van der Waals surface area contributed by atoms with Crippen molar-refractivity contribution in [1.82, 2.24) is 10.2 Å². The van der Waals surface area contributed by atoms with Gasteiger partial charge in [0.05, 0.1) is 11.7 Å². The van der Waals surface area contributed by atoms with Gasteiger partial charge in [0.1, 0.15) is 0 Å². The van der Waals surface area contributed by atoms with E-state index in [0.717, 1.165) is 23.1 Å². The summed E-state index contributed by atoms with van der Waals surface area (Å²) in [7, 11) is 0. The molecule has 0 aliphatic heterocycles. The number of rotatable bonds is 3. The van der Waals surface area contributed by atoms with Gasteiger partial charge in [0, 0.05) is 17.6 Å². The number of aromatic nitrogens is 2. The lowest BCUT2D eigenvalue weighted by Gasteiger charge is -2.08. The lowest BCUT2D eigenvalue weighted by Crippen LogP contribution is -1.99. The van der Waals surface area contributed by atoms with Gasteiger partial charge in [-0.25, -0.2) is 0 Å². The van der Waals surface area contributed by atoms with Crippen LogP contribution in [0.3, 0.4) is 0 Å². The number of nitrogens with one attached hydrogen (secondary N) is 2. The first-order valence-corrected chi connectivity index (χ1v) is 7.04. The van der Waals surface area contributed by atoms with E-state index in [2.05, 4.69) is 64.0 Å². The van der Waals surface area contributed by atoms with Crippen LogP contribution < -0.4 is 5.32 Å². The Balaban J connectivity index is 1.61. The molecule has 0 saturated heterocycles. The molecule has 4 rings (SSSR count). The third-order valence-corrected chi connectivity index (χ3v) is 3.78. The van der Waals surface area contributed by atoms with Gasteiger partial charge in [-0.2, -0.15) is 5.10 Å². The predicted molar refractivity (Wildman–Crippen MR) is 87.4 cm³/mol. The summed E-state index contributed by atoms with van der Waals surface area (Å²) in [5.41, 5.74) is 3.43. The Hall–Kier alpha value is -2.81. The van der Waals surface area contributed by atoms with Gasteiger partial charge in [-0.15, -0.1) is 0 Å². The molecule has 3 nitrogen and oxygen atoms in total. The van der Waals surface area contributed by atoms with E-state index in [4.69, 9.17) is 0 Å². The fourth-order valence-electron chi connectivity index (χ4n) is 2.67. The Labute approximate surface area is 122 Å². The molecular weight excluding hydrogens is 258 g/mol. The summed E-state index contributed by atoms with van der Waals surface area (Å²) in [6, 6.07) is 21.2. The normalized spacial score (nSPS) is 11.0. The molecule has 21 heavy (non-hydrogen) atoms. The Kier molecular flexibility index (Phi) is 2.82. The van der Waals surface area contributed by atoms with Gasteiger partial charge < -0.3 is 5.32 Å². The molecule has 3 aromatic carbocycles. The number of aromatic amines is 1. The maximum atomic E-state index is 4.09. The molecule has 2 N–H and O–H groups in total. The molecule has 0 aliphatic carbocycles. The highest BCUT2D eigenvalue weighted by Crippen LogP contribution is 2.22. The van der Waals surface area contributed by atoms with E-state index in [-0.39, 0.29) is 0 Å². The highest BCUT2D eigenvalue weighted by molar-refractivity contribution is 5.91. The van der Waals surface area contributed by atoms with Crippen molar-refractivity contribution in [2.24, 2.45) is 0 Å². The summed E-state index contributed by atoms with van der Waals surface area (Å²) in [4.78, 5) is 0. The first-order valence-electron chi connectivity index (χ1n) is 7.04. The largest absolute Gasteiger partial charge is 0.380 e. The molecule has 0 unspecified atom stereocenters. The minimum absolute atomic E-state index is 0.801. The van der Waals surface area contributed by atoms with Crippen molar-refractivity contribution in [3.8, 4) is 0 Å². The van der Waals surface area contributed by atoms with E-state index in [1.165, 1.54) is 16.3 Å². The number of hydrogen-bond donors (Lipinski definition) is 2. The maximum absolute atomic E-state index is 4.09. The van der Waals surface area contributed by atoms with Crippen molar-refractivity contribution in [3.63, 3.8) is 0 Å². The van der Waals surface area contributed by atoms with Gasteiger partial charge in [-0.3, -0.25) is 5.10 Å². The maximum Gasteiger partial charge on any atom is 0.0671 e. The molecular formula is C18H15N3. The molecule has 4 aromatic rings. The number of hydrogen-bond acceptors (Lipinski definition) is 2. The fraction of sp³-hybridized carbons (Fsp3) is 0.0556. The van der Waals surface area contributed by atoms with Crippen molar-refractivity contribution in [2.45, 2.75) is 6.54 Å². The quantitative estimate of drug-likeness (QED) is 0.583. The van der Waals surface area contributed by atoms with E-state index in [1.807, 2.05) is 18.3 Å². The molecule has 0 bridgehead atoms. The van der Waals surface area contributed by atoms with E-state index < -0.39 is 0 Å². The topological polar surface area (TPSA) is 40.7 Å². The highest BCUT2D eigenvalue weighted by Gasteiger charge is 2.02. The molecule has 0 fully saturated rings. The Morgan fingerprint density at radius 2 is 1.81 bits per heavy atom. The number of nitrogens with zero attached hydrogens (tertiary/aromatic N) is 1. The molecule has 0 aliphatic rings. The molecule has 0 amide bonds. The second-order valence-corrected chi connectivity index (χ2v) is 5.17. The zero-order valence-corrected chi connectivity index (χ0v) is 11.5. The Bertz CT molecular complexity index is 908. The van der Waals surface area contributed by atoms with Crippen LogP contribution in [0.15, 0.2) is 66.9 Å². The summed E-state index contributed by atoms with van der Waals surface area (Å²) in [6.07, 6.45) is 1.86. The molecule has 0 spiro atoms. The molecule has 0 saturated carbocycles.